The number of rotatable bonds is 8. The first-order valence-corrected chi connectivity index (χ1v) is 16.3. The Kier molecular flexibility index (Phi) is 8.58. The van der Waals surface area contributed by atoms with Crippen LogP contribution in [0.4, 0.5) is 11.4 Å². The van der Waals surface area contributed by atoms with E-state index in [9.17, 15) is 26.4 Å². The van der Waals surface area contributed by atoms with E-state index in [1.807, 2.05) is 12.1 Å². The highest BCUT2D eigenvalue weighted by atomic mass is 35.5. The number of halogens is 1. The van der Waals surface area contributed by atoms with E-state index >= 15 is 0 Å². The number of carbonyl (C=O) groups excluding carboxylic acids is 2. The molecule has 0 spiro atoms. The van der Waals surface area contributed by atoms with Crippen LogP contribution in [0.3, 0.4) is 0 Å². The third-order valence-electron chi connectivity index (χ3n) is 6.94. The van der Waals surface area contributed by atoms with Gasteiger partial charge in [-0.3, -0.25) is 9.10 Å². The zero-order chi connectivity index (χ0) is 30.1. The summed E-state index contributed by atoms with van der Waals surface area (Å²) in [7, 11) is -7.88. The maximum absolute atomic E-state index is 13.5. The average molecular weight is 634 g/mol. The molecule has 0 aromatic heterocycles. The summed E-state index contributed by atoms with van der Waals surface area (Å²) in [4.78, 5) is 25.5. The zero-order valence-electron chi connectivity index (χ0n) is 22.5. The number of amides is 1. The van der Waals surface area contributed by atoms with Crippen molar-refractivity contribution in [3.05, 3.63) is 82.9 Å². The molecule has 5 rings (SSSR count). The highest BCUT2D eigenvalue weighted by Crippen LogP contribution is 2.35. The zero-order valence-corrected chi connectivity index (χ0v) is 24.9. The van der Waals surface area contributed by atoms with Crippen LogP contribution < -0.4 is 9.62 Å². The van der Waals surface area contributed by atoms with Gasteiger partial charge >= 0.3 is 5.97 Å². The lowest BCUT2D eigenvalue weighted by Gasteiger charge is -2.26. The second kappa shape index (κ2) is 12.0. The maximum Gasteiger partial charge on any atom is 0.338 e. The van der Waals surface area contributed by atoms with E-state index in [4.69, 9.17) is 21.1 Å². The van der Waals surface area contributed by atoms with Gasteiger partial charge in [0.2, 0.25) is 10.0 Å². The Bertz CT molecular complexity index is 1740. The predicted molar refractivity (Wildman–Crippen MR) is 156 cm³/mol. The minimum atomic E-state index is -4.09. The molecule has 14 heteroatoms. The lowest BCUT2D eigenvalue weighted by atomic mass is 10.2. The first kappa shape index (κ1) is 30.0. The SMILES string of the molecule is C[C@@H](OC(=O)c1ccc(Cl)c(S(=O)(=O)N2CCc3ccccc32)c1)C(=O)Nc1cccc(S(=O)(=O)N2CCOCC2)c1. The molecule has 1 N–H and O–H groups in total. The fourth-order valence-electron chi connectivity index (χ4n) is 4.70. The number of fused-ring (bicyclic) bond motifs is 1. The second-order valence-electron chi connectivity index (χ2n) is 9.68. The molecule has 0 saturated carbocycles. The van der Waals surface area contributed by atoms with Gasteiger partial charge in [-0.15, -0.1) is 0 Å². The van der Waals surface area contributed by atoms with Gasteiger partial charge in [-0.05, 0) is 61.4 Å². The Morgan fingerprint density at radius 1 is 0.929 bits per heavy atom. The topological polar surface area (TPSA) is 139 Å². The Balaban J connectivity index is 1.28. The van der Waals surface area contributed by atoms with Crippen molar-refractivity contribution < 1.29 is 35.9 Å². The minimum Gasteiger partial charge on any atom is -0.449 e. The standard InChI is InChI=1S/C28H28ClN3O8S2/c1-19(27(33)30-22-6-4-7-23(18-22)41(35,36)31-13-15-39-16-14-31)40-28(34)21-9-10-24(29)26(17-21)42(37,38)32-12-11-20-5-2-3-8-25(20)32/h2-10,17-19H,11-16H2,1H3,(H,30,33)/t19-/m1/s1. The molecule has 11 nitrogen and oxygen atoms in total. The maximum atomic E-state index is 13.5. The largest absolute Gasteiger partial charge is 0.449 e. The monoisotopic (exact) mass is 633 g/mol. The van der Waals surface area contributed by atoms with Crippen molar-refractivity contribution in [2.45, 2.75) is 29.2 Å². The molecule has 1 atom stereocenters. The van der Waals surface area contributed by atoms with Crippen LogP contribution in [-0.2, 0) is 40.7 Å². The van der Waals surface area contributed by atoms with Crippen LogP contribution in [0, 0.1) is 0 Å². The molecular weight excluding hydrogens is 606 g/mol. The quantitative estimate of drug-likeness (QED) is 0.373. The number of nitrogens with zero attached hydrogens (tertiary/aromatic N) is 2. The van der Waals surface area contributed by atoms with Crippen LogP contribution in [0.5, 0.6) is 0 Å². The molecule has 0 radical (unpaired) electrons. The second-order valence-corrected chi connectivity index (χ2v) is 13.9. The Hall–Kier alpha value is -3.49. The first-order valence-electron chi connectivity index (χ1n) is 13.1. The fraction of sp³-hybridized carbons (Fsp3) is 0.286. The van der Waals surface area contributed by atoms with E-state index in [1.165, 1.54) is 51.9 Å². The number of morpholine rings is 1. The summed E-state index contributed by atoms with van der Waals surface area (Å²) in [6.45, 7) is 2.63. The van der Waals surface area contributed by atoms with Crippen LogP contribution >= 0.6 is 11.6 Å². The Labute approximate surface area is 249 Å². The molecule has 42 heavy (non-hydrogen) atoms. The molecule has 3 aromatic carbocycles. The van der Waals surface area contributed by atoms with Gasteiger partial charge in [0.25, 0.3) is 15.9 Å². The van der Waals surface area contributed by atoms with Crippen LogP contribution in [0.1, 0.15) is 22.8 Å². The highest BCUT2D eigenvalue weighted by molar-refractivity contribution is 7.93. The number of esters is 1. The normalized spacial score (nSPS) is 16.5. The molecular formula is C28H28ClN3O8S2. The van der Waals surface area contributed by atoms with E-state index in [1.54, 1.807) is 12.1 Å². The smallest absolute Gasteiger partial charge is 0.338 e. The molecule has 0 aliphatic carbocycles. The number of carbonyl (C=O) groups is 2. The molecule has 2 heterocycles. The molecule has 0 unspecified atom stereocenters. The van der Waals surface area contributed by atoms with Gasteiger partial charge in [-0.25, -0.2) is 21.6 Å². The molecule has 1 amide bonds. The fourth-order valence-corrected chi connectivity index (χ4v) is 8.16. The summed E-state index contributed by atoms with van der Waals surface area (Å²) in [6, 6.07) is 16.6. The molecule has 1 saturated heterocycles. The van der Waals surface area contributed by atoms with Crippen LogP contribution in [0.15, 0.2) is 76.5 Å². The van der Waals surface area contributed by atoms with Crippen molar-refractivity contribution in [1.29, 1.82) is 0 Å². The molecule has 1 fully saturated rings. The van der Waals surface area contributed by atoms with Gasteiger partial charge in [0.15, 0.2) is 6.10 Å². The number of para-hydroxylation sites is 1. The van der Waals surface area contributed by atoms with Crippen LogP contribution in [0.2, 0.25) is 5.02 Å². The van der Waals surface area contributed by atoms with E-state index in [0.717, 1.165) is 11.6 Å². The lowest BCUT2D eigenvalue weighted by molar-refractivity contribution is -0.123. The summed E-state index contributed by atoms with van der Waals surface area (Å²) < 4.78 is 66.0. The Morgan fingerprint density at radius 3 is 2.43 bits per heavy atom. The number of nitrogens with one attached hydrogen (secondary N) is 1. The van der Waals surface area contributed by atoms with Crippen molar-refractivity contribution in [3.63, 3.8) is 0 Å². The van der Waals surface area contributed by atoms with Gasteiger partial charge in [0.05, 0.1) is 34.4 Å². The molecule has 0 bridgehead atoms. The van der Waals surface area contributed by atoms with Crippen LogP contribution in [0.25, 0.3) is 0 Å². The molecule has 222 valence electrons. The third-order valence-corrected chi connectivity index (χ3v) is 11.1. The molecule has 2 aliphatic rings. The van der Waals surface area contributed by atoms with Gasteiger partial charge in [0.1, 0.15) is 4.90 Å². The summed E-state index contributed by atoms with van der Waals surface area (Å²) in [5.74, 6) is -1.64. The van der Waals surface area contributed by atoms with Gasteiger partial charge < -0.3 is 14.8 Å². The molecule has 2 aliphatic heterocycles. The van der Waals surface area contributed by atoms with E-state index in [2.05, 4.69) is 5.32 Å². The third kappa shape index (κ3) is 6.01. The Morgan fingerprint density at radius 2 is 1.67 bits per heavy atom. The highest BCUT2D eigenvalue weighted by Gasteiger charge is 2.33. The first-order chi connectivity index (χ1) is 20.0. The number of benzene rings is 3. The van der Waals surface area contributed by atoms with E-state index in [-0.39, 0.29) is 45.7 Å². The van der Waals surface area contributed by atoms with Crippen LogP contribution in [-0.4, -0.2) is 72.0 Å². The summed E-state index contributed by atoms with van der Waals surface area (Å²) in [5.41, 5.74) is 1.53. The number of anilines is 2. The number of hydrogen-bond acceptors (Lipinski definition) is 8. The van der Waals surface area contributed by atoms with Crippen molar-refractivity contribution in [2.24, 2.45) is 0 Å². The van der Waals surface area contributed by atoms with Crippen molar-refractivity contribution >= 4 is 54.9 Å². The van der Waals surface area contributed by atoms with Gasteiger partial charge in [-0.2, -0.15) is 4.31 Å². The lowest BCUT2D eigenvalue weighted by Crippen LogP contribution is -2.40. The van der Waals surface area contributed by atoms with Crippen molar-refractivity contribution in [1.82, 2.24) is 4.31 Å². The average Bonchev–Trinajstić information content (AvgIpc) is 3.43. The van der Waals surface area contributed by atoms with E-state index in [0.29, 0.717) is 25.3 Å². The summed E-state index contributed by atoms with van der Waals surface area (Å²) >= 11 is 6.26. The van der Waals surface area contributed by atoms with E-state index < -0.39 is 38.0 Å². The number of hydrogen-bond donors (Lipinski definition) is 1. The van der Waals surface area contributed by atoms with Gasteiger partial charge in [-0.1, -0.05) is 35.9 Å². The summed E-state index contributed by atoms with van der Waals surface area (Å²) in [5, 5.41) is 2.50. The molecule has 3 aromatic rings. The van der Waals surface area contributed by atoms with Gasteiger partial charge in [0, 0.05) is 25.3 Å². The summed E-state index contributed by atoms with van der Waals surface area (Å²) in [6.07, 6.45) is -0.748. The minimum absolute atomic E-state index is 0.00220. The predicted octanol–water partition coefficient (Wildman–Crippen LogP) is 3.30. The van der Waals surface area contributed by atoms with Crippen molar-refractivity contribution in [2.75, 3.05) is 42.5 Å². The number of sulfonamides is 2. The van der Waals surface area contributed by atoms with Crippen molar-refractivity contribution in [3.8, 4) is 0 Å². The number of ether oxygens (including phenoxy) is 2.